The molecular weight excluding hydrogens is 422 g/mol. The number of benzene rings is 2. The minimum absolute atomic E-state index is 0.191. The minimum atomic E-state index is -0.868. The second-order valence-corrected chi connectivity index (χ2v) is 9.00. The number of imide groups is 1. The van der Waals surface area contributed by atoms with E-state index in [1.807, 2.05) is 61.5 Å². The Labute approximate surface area is 192 Å². The number of thiocarbonyl (C=S) groups is 1. The van der Waals surface area contributed by atoms with E-state index in [4.69, 9.17) is 17.0 Å². The summed E-state index contributed by atoms with van der Waals surface area (Å²) >= 11 is 5.44. The highest BCUT2D eigenvalue weighted by Crippen LogP contribution is 2.52. The number of rotatable bonds is 6. The molecular formula is C25H25N3O3S. The van der Waals surface area contributed by atoms with E-state index in [1.165, 1.54) is 10.5 Å². The highest BCUT2D eigenvalue weighted by atomic mass is 32.1. The van der Waals surface area contributed by atoms with Crippen molar-refractivity contribution in [3.8, 4) is 0 Å². The summed E-state index contributed by atoms with van der Waals surface area (Å²) in [7, 11) is 0. The number of aryl methyl sites for hydroxylation is 1. The molecule has 6 nitrogen and oxygen atoms in total. The molecule has 7 heteroatoms. The third-order valence-corrected chi connectivity index (χ3v) is 6.80. The smallest absolute Gasteiger partial charge is 0.241 e. The van der Waals surface area contributed by atoms with Crippen LogP contribution < -0.4 is 15.5 Å². The van der Waals surface area contributed by atoms with Crippen molar-refractivity contribution >= 4 is 34.8 Å². The van der Waals surface area contributed by atoms with Crippen LogP contribution in [0, 0.1) is 18.8 Å². The number of fused-ring (bicyclic) bond motifs is 5. The number of ether oxygens (including phenoxy) is 1. The molecule has 32 heavy (non-hydrogen) atoms. The van der Waals surface area contributed by atoms with Crippen molar-refractivity contribution in [3.05, 3.63) is 77.9 Å². The lowest BCUT2D eigenvalue weighted by atomic mass is 9.77. The van der Waals surface area contributed by atoms with Crippen LogP contribution in [-0.4, -0.2) is 41.7 Å². The van der Waals surface area contributed by atoms with Gasteiger partial charge in [-0.15, -0.1) is 0 Å². The van der Waals surface area contributed by atoms with Gasteiger partial charge in [0, 0.05) is 6.54 Å². The number of nitrogens with one attached hydrogen (secondary N) is 2. The topological polar surface area (TPSA) is 70.7 Å². The molecule has 0 aromatic heterocycles. The number of amides is 2. The van der Waals surface area contributed by atoms with E-state index in [0.717, 1.165) is 12.0 Å². The maximum Gasteiger partial charge on any atom is 0.241 e. The Morgan fingerprint density at radius 3 is 2.56 bits per heavy atom. The van der Waals surface area contributed by atoms with Gasteiger partial charge in [0.1, 0.15) is 5.60 Å². The van der Waals surface area contributed by atoms with E-state index in [2.05, 4.69) is 22.8 Å². The first-order chi connectivity index (χ1) is 15.5. The molecule has 3 aliphatic heterocycles. The number of nitrogens with zero attached hydrogens (tertiary/aromatic N) is 1. The van der Waals surface area contributed by atoms with Crippen molar-refractivity contribution in [2.75, 3.05) is 18.0 Å². The average molecular weight is 448 g/mol. The van der Waals surface area contributed by atoms with Crippen LogP contribution in [0.15, 0.2) is 66.7 Å². The van der Waals surface area contributed by atoms with Crippen molar-refractivity contribution in [2.24, 2.45) is 11.8 Å². The number of hydrogen-bond donors (Lipinski definition) is 2. The minimum Gasteiger partial charge on any atom is -0.362 e. The van der Waals surface area contributed by atoms with E-state index in [1.54, 1.807) is 0 Å². The van der Waals surface area contributed by atoms with Crippen LogP contribution in [0.25, 0.3) is 0 Å². The molecule has 5 rings (SSSR count). The average Bonchev–Trinajstić information content (AvgIpc) is 3.44. The Morgan fingerprint density at radius 1 is 1.06 bits per heavy atom. The van der Waals surface area contributed by atoms with Gasteiger partial charge in [0.15, 0.2) is 5.11 Å². The molecule has 2 aromatic carbocycles. The zero-order chi connectivity index (χ0) is 22.3. The number of anilines is 1. The molecule has 2 fully saturated rings. The molecule has 0 aliphatic carbocycles. The maximum atomic E-state index is 13.4. The Kier molecular flexibility index (Phi) is 5.31. The van der Waals surface area contributed by atoms with Gasteiger partial charge in [-0.1, -0.05) is 60.2 Å². The summed E-state index contributed by atoms with van der Waals surface area (Å²) in [4.78, 5) is 27.8. The van der Waals surface area contributed by atoms with Gasteiger partial charge < -0.3 is 15.4 Å². The third-order valence-electron chi connectivity index (χ3n) is 6.51. The Bertz CT molecular complexity index is 1090. The van der Waals surface area contributed by atoms with Gasteiger partial charge in [0.2, 0.25) is 11.8 Å². The summed E-state index contributed by atoms with van der Waals surface area (Å²) in [6.45, 7) is 3.01. The molecule has 2 aromatic rings. The molecule has 2 saturated heterocycles. The van der Waals surface area contributed by atoms with Gasteiger partial charge in [-0.25, -0.2) is 4.90 Å². The van der Waals surface area contributed by atoms with Gasteiger partial charge in [-0.3, -0.25) is 9.59 Å². The van der Waals surface area contributed by atoms with Crippen molar-refractivity contribution in [1.29, 1.82) is 0 Å². The fraction of sp³-hybridized carbons (Fsp3) is 0.320. The van der Waals surface area contributed by atoms with Crippen LogP contribution in [0.4, 0.5) is 5.69 Å². The Balaban J connectivity index is 1.24. The standard InChI is InChI=1S/C25H25N3O3S/c1-16-7-9-18(10-8-16)28-22(29)20-19-11-13-25(31-19,21(20)23(28)30)15-27-24(32)26-14-12-17-5-3-2-4-6-17/h2-11,13,19-21H,12,14-15H2,1H3,(H2,26,27,32)/t19-,20+,21-,25+/m1/s1. The van der Waals surface area contributed by atoms with Crippen molar-refractivity contribution < 1.29 is 14.3 Å². The summed E-state index contributed by atoms with van der Waals surface area (Å²) in [6.07, 6.45) is 4.30. The van der Waals surface area contributed by atoms with Gasteiger partial charge in [0.05, 0.1) is 30.2 Å². The zero-order valence-electron chi connectivity index (χ0n) is 17.8. The van der Waals surface area contributed by atoms with Crippen molar-refractivity contribution in [1.82, 2.24) is 10.6 Å². The molecule has 3 heterocycles. The largest absolute Gasteiger partial charge is 0.362 e. The molecule has 3 aliphatic rings. The summed E-state index contributed by atoms with van der Waals surface area (Å²) in [5, 5.41) is 6.92. The fourth-order valence-electron chi connectivity index (χ4n) is 4.90. The maximum absolute atomic E-state index is 13.4. The Morgan fingerprint density at radius 2 is 1.81 bits per heavy atom. The Hall–Kier alpha value is -3.03. The lowest BCUT2D eigenvalue weighted by molar-refractivity contribution is -0.126. The van der Waals surface area contributed by atoms with Gasteiger partial charge in [0.25, 0.3) is 0 Å². The molecule has 164 valence electrons. The van der Waals surface area contributed by atoms with E-state index in [9.17, 15) is 9.59 Å². The predicted molar refractivity (Wildman–Crippen MR) is 126 cm³/mol. The third kappa shape index (κ3) is 3.51. The molecule has 0 unspecified atom stereocenters. The van der Waals surface area contributed by atoms with Crippen LogP contribution in [0.2, 0.25) is 0 Å². The van der Waals surface area contributed by atoms with Crippen LogP contribution >= 0.6 is 12.2 Å². The number of carbonyl (C=O) groups is 2. The number of carbonyl (C=O) groups excluding carboxylic acids is 2. The van der Waals surface area contributed by atoms with Gasteiger partial charge >= 0.3 is 0 Å². The normalized spacial score (nSPS) is 27.7. The quantitative estimate of drug-likeness (QED) is 0.403. The fourth-order valence-corrected chi connectivity index (χ4v) is 5.07. The molecule has 0 saturated carbocycles. The summed E-state index contributed by atoms with van der Waals surface area (Å²) in [6, 6.07) is 17.6. The molecule has 4 atom stereocenters. The van der Waals surface area contributed by atoms with Crippen molar-refractivity contribution in [3.63, 3.8) is 0 Å². The highest BCUT2D eigenvalue weighted by Gasteiger charge is 2.67. The molecule has 2 N–H and O–H groups in total. The lowest BCUT2D eigenvalue weighted by Crippen LogP contribution is -2.50. The molecule has 0 spiro atoms. The number of hydrogen-bond acceptors (Lipinski definition) is 4. The molecule has 2 bridgehead atoms. The molecule has 0 radical (unpaired) electrons. The first-order valence-corrected chi connectivity index (χ1v) is 11.3. The summed E-state index contributed by atoms with van der Waals surface area (Å²) < 4.78 is 6.17. The van der Waals surface area contributed by atoms with Crippen LogP contribution in [0.5, 0.6) is 0 Å². The van der Waals surface area contributed by atoms with Crippen LogP contribution in [0.3, 0.4) is 0 Å². The van der Waals surface area contributed by atoms with Crippen LogP contribution in [-0.2, 0) is 20.7 Å². The zero-order valence-corrected chi connectivity index (χ0v) is 18.6. The van der Waals surface area contributed by atoms with E-state index in [0.29, 0.717) is 23.9 Å². The highest BCUT2D eigenvalue weighted by molar-refractivity contribution is 7.80. The SMILES string of the molecule is Cc1ccc(N2C(=O)[C@H]3[C@H]4C=C[C@@](CNC(=S)NCCc5ccccc5)(O4)[C@H]3C2=O)cc1. The first kappa shape index (κ1) is 20.8. The monoisotopic (exact) mass is 447 g/mol. The van der Waals surface area contributed by atoms with Crippen LogP contribution in [0.1, 0.15) is 11.1 Å². The van der Waals surface area contributed by atoms with E-state index >= 15 is 0 Å². The van der Waals surface area contributed by atoms with Gasteiger partial charge in [-0.2, -0.15) is 0 Å². The van der Waals surface area contributed by atoms with E-state index in [-0.39, 0.29) is 17.9 Å². The van der Waals surface area contributed by atoms with E-state index < -0.39 is 17.4 Å². The second-order valence-electron chi connectivity index (χ2n) is 8.59. The predicted octanol–water partition coefficient (Wildman–Crippen LogP) is 2.51. The summed E-state index contributed by atoms with van der Waals surface area (Å²) in [5.74, 6) is -1.44. The van der Waals surface area contributed by atoms with Gasteiger partial charge in [-0.05, 0) is 43.3 Å². The molecule has 2 amide bonds. The first-order valence-electron chi connectivity index (χ1n) is 10.9. The second kappa shape index (κ2) is 8.15. The van der Waals surface area contributed by atoms with Crippen molar-refractivity contribution in [2.45, 2.75) is 25.0 Å². The lowest BCUT2D eigenvalue weighted by Gasteiger charge is -2.29. The summed E-state index contributed by atoms with van der Waals surface area (Å²) in [5.41, 5.74) is 2.05.